The first-order valence-corrected chi connectivity index (χ1v) is 9.85. The number of halogens is 2. The van der Waals surface area contributed by atoms with Gasteiger partial charge in [-0.05, 0) is 11.6 Å². The highest BCUT2D eigenvalue weighted by molar-refractivity contribution is 7.99. The summed E-state index contributed by atoms with van der Waals surface area (Å²) in [4.78, 5) is 16.8. The Bertz CT molecular complexity index is 553. The summed E-state index contributed by atoms with van der Waals surface area (Å²) in [6.45, 7) is 5.04. The van der Waals surface area contributed by atoms with Gasteiger partial charge in [0.2, 0.25) is 5.91 Å². The molecule has 0 saturated carbocycles. The first-order valence-electron chi connectivity index (χ1n) is 8.70. The average molecular weight is 422 g/mol. The van der Waals surface area contributed by atoms with Crippen LogP contribution >= 0.6 is 36.6 Å². The Morgan fingerprint density at radius 2 is 2.04 bits per heavy atom. The Hall–Kier alpha value is -0.660. The van der Waals surface area contributed by atoms with Crippen molar-refractivity contribution < 1.29 is 9.53 Å². The van der Waals surface area contributed by atoms with Crippen molar-refractivity contribution in [1.82, 2.24) is 10.2 Å². The van der Waals surface area contributed by atoms with Crippen molar-refractivity contribution in [3.05, 3.63) is 29.8 Å². The van der Waals surface area contributed by atoms with E-state index in [9.17, 15) is 4.79 Å². The highest BCUT2D eigenvalue weighted by Gasteiger charge is 2.21. The lowest BCUT2D eigenvalue weighted by molar-refractivity contribution is -0.130. The summed E-state index contributed by atoms with van der Waals surface area (Å²) in [7, 11) is 1.91. The number of para-hydroxylation sites is 1. The van der Waals surface area contributed by atoms with Crippen LogP contribution in [0.25, 0.3) is 0 Å². The van der Waals surface area contributed by atoms with E-state index in [1.807, 2.05) is 23.7 Å². The van der Waals surface area contributed by atoms with Gasteiger partial charge in [-0.25, -0.2) is 0 Å². The molecule has 0 bridgehead atoms. The number of amides is 1. The Balaban J connectivity index is 0.00000169. The molecule has 8 heteroatoms. The number of carbonyl (C=O) groups excluding carboxylic acids is 1. The van der Waals surface area contributed by atoms with Crippen molar-refractivity contribution in [2.24, 2.45) is 0 Å². The first kappa shape index (κ1) is 23.4. The molecule has 1 aromatic carbocycles. The number of thioether (sulfide) groups is 1. The first-order chi connectivity index (χ1) is 11.7. The number of benzene rings is 1. The second-order valence-electron chi connectivity index (χ2n) is 6.41. The van der Waals surface area contributed by atoms with Crippen molar-refractivity contribution in [2.75, 3.05) is 56.3 Å². The number of nitrogens with one attached hydrogen (secondary N) is 1. The highest BCUT2D eigenvalue weighted by Crippen LogP contribution is 2.23. The summed E-state index contributed by atoms with van der Waals surface area (Å²) in [6.07, 6.45) is 0.587. The third-order valence-electron chi connectivity index (χ3n) is 4.60. The van der Waals surface area contributed by atoms with Gasteiger partial charge in [0.25, 0.3) is 0 Å². The normalized spacial score (nSPS) is 19.9. The van der Waals surface area contributed by atoms with Gasteiger partial charge in [0.15, 0.2) is 0 Å². The molecule has 1 unspecified atom stereocenters. The highest BCUT2D eigenvalue weighted by atomic mass is 35.5. The number of morpholine rings is 1. The standard InChI is InChI=1S/C18H27N3O2S.2ClH/c1-20(18(22)12-16-14-24-11-6-19-16)13-15-4-2-3-5-17(15)21-7-9-23-10-8-21;;/h2-5,16,19H,6-14H2,1H3;2*1H. The van der Waals surface area contributed by atoms with Gasteiger partial charge in [-0.3, -0.25) is 4.79 Å². The Morgan fingerprint density at radius 3 is 2.73 bits per heavy atom. The smallest absolute Gasteiger partial charge is 0.224 e. The molecule has 2 aliphatic heterocycles. The maximum Gasteiger partial charge on any atom is 0.224 e. The zero-order chi connectivity index (χ0) is 16.8. The Morgan fingerprint density at radius 1 is 1.31 bits per heavy atom. The summed E-state index contributed by atoms with van der Waals surface area (Å²) in [5, 5.41) is 3.44. The van der Waals surface area contributed by atoms with E-state index in [4.69, 9.17) is 4.74 Å². The summed E-state index contributed by atoms with van der Waals surface area (Å²) in [6, 6.07) is 8.71. The van der Waals surface area contributed by atoms with E-state index >= 15 is 0 Å². The lowest BCUT2D eigenvalue weighted by atomic mass is 10.1. The number of hydrogen-bond acceptors (Lipinski definition) is 5. The van der Waals surface area contributed by atoms with Gasteiger partial charge in [-0.15, -0.1) is 24.8 Å². The van der Waals surface area contributed by atoms with Crippen LogP contribution in [0.15, 0.2) is 24.3 Å². The zero-order valence-electron chi connectivity index (χ0n) is 15.2. The van der Waals surface area contributed by atoms with E-state index in [0.717, 1.165) is 44.4 Å². The second-order valence-corrected chi connectivity index (χ2v) is 7.56. The average Bonchev–Trinajstić information content (AvgIpc) is 2.63. The molecule has 148 valence electrons. The van der Waals surface area contributed by atoms with Gasteiger partial charge in [0.05, 0.1) is 13.2 Å². The second kappa shape index (κ2) is 11.9. The van der Waals surface area contributed by atoms with Crippen LogP contribution in [-0.4, -0.2) is 68.3 Å². The molecular formula is C18H29Cl2N3O2S. The molecule has 2 aliphatic rings. The minimum atomic E-state index is 0. The molecule has 0 aliphatic carbocycles. The lowest BCUT2D eigenvalue weighted by Gasteiger charge is -2.32. The van der Waals surface area contributed by atoms with Crippen LogP contribution in [-0.2, 0) is 16.1 Å². The van der Waals surface area contributed by atoms with Crippen molar-refractivity contribution in [3.63, 3.8) is 0 Å². The molecule has 1 amide bonds. The van der Waals surface area contributed by atoms with Crippen LogP contribution < -0.4 is 10.2 Å². The van der Waals surface area contributed by atoms with E-state index in [1.54, 1.807) is 0 Å². The topological polar surface area (TPSA) is 44.8 Å². The van der Waals surface area contributed by atoms with Crippen molar-refractivity contribution in [2.45, 2.75) is 19.0 Å². The van der Waals surface area contributed by atoms with Crippen molar-refractivity contribution in [3.8, 4) is 0 Å². The van der Waals surface area contributed by atoms with E-state index in [1.165, 1.54) is 11.3 Å². The molecule has 2 saturated heterocycles. The lowest BCUT2D eigenvalue weighted by Crippen LogP contribution is -2.42. The van der Waals surface area contributed by atoms with E-state index in [-0.39, 0.29) is 30.7 Å². The van der Waals surface area contributed by atoms with Gasteiger partial charge >= 0.3 is 0 Å². The van der Waals surface area contributed by atoms with E-state index in [2.05, 4.69) is 34.5 Å². The predicted octanol–water partition coefficient (Wildman–Crippen LogP) is 2.42. The molecule has 0 aromatic heterocycles. The SMILES string of the molecule is CN(Cc1ccccc1N1CCOCC1)C(=O)CC1CSCCN1.Cl.Cl. The summed E-state index contributed by atoms with van der Waals surface area (Å²) >= 11 is 1.93. The van der Waals surface area contributed by atoms with Crippen molar-refractivity contribution >= 4 is 48.2 Å². The van der Waals surface area contributed by atoms with Gasteiger partial charge < -0.3 is 19.9 Å². The van der Waals surface area contributed by atoms with E-state index < -0.39 is 0 Å². The molecule has 5 nitrogen and oxygen atoms in total. The number of rotatable bonds is 5. The van der Waals surface area contributed by atoms with Gasteiger partial charge in [-0.2, -0.15) is 11.8 Å². The minimum absolute atomic E-state index is 0. The minimum Gasteiger partial charge on any atom is -0.378 e. The van der Waals surface area contributed by atoms with Gasteiger partial charge in [0.1, 0.15) is 0 Å². The van der Waals surface area contributed by atoms with Crippen LogP contribution in [0.5, 0.6) is 0 Å². The fourth-order valence-electron chi connectivity index (χ4n) is 3.22. The molecule has 3 rings (SSSR count). The Labute approximate surface area is 173 Å². The third kappa shape index (κ3) is 6.50. The molecule has 1 N–H and O–H groups in total. The van der Waals surface area contributed by atoms with Crippen LogP contribution in [0.3, 0.4) is 0 Å². The summed E-state index contributed by atoms with van der Waals surface area (Å²) < 4.78 is 5.45. The number of nitrogens with zero attached hydrogens (tertiary/aromatic N) is 2. The molecule has 26 heavy (non-hydrogen) atoms. The van der Waals surface area contributed by atoms with E-state index in [0.29, 0.717) is 19.0 Å². The van der Waals surface area contributed by atoms with Gasteiger partial charge in [-0.1, -0.05) is 18.2 Å². The molecular weight excluding hydrogens is 393 g/mol. The summed E-state index contributed by atoms with van der Waals surface area (Å²) in [5.41, 5.74) is 2.44. The van der Waals surface area contributed by atoms with Crippen LogP contribution in [0.4, 0.5) is 5.69 Å². The number of carbonyl (C=O) groups is 1. The third-order valence-corrected chi connectivity index (χ3v) is 5.73. The maximum atomic E-state index is 12.5. The largest absolute Gasteiger partial charge is 0.378 e. The molecule has 1 aromatic rings. The van der Waals surface area contributed by atoms with Gasteiger partial charge in [0, 0.05) is 62.9 Å². The summed E-state index contributed by atoms with van der Waals surface area (Å²) in [5.74, 6) is 2.39. The maximum absolute atomic E-state index is 12.5. The molecule has 0 spiro atoms. The quantitative estimate of drug-likeness (QED) is 0.790. The molecule has 2 fully saturated rings. The number of anilines is 1. The van der Waals surface area contributed by atoms with Crippen LogP contribution in [0, 0.1) is 0 Å². The molecule has 1 atom stereocenters. The van der Waals surface area contributed by atoms with Crippen LogP contribution in [0.2, 0.25) is 0 Å². The number of hydrogen-bond donors (Lipinski definition) is 1. The number of ether oxygens (including phenoxy) is 1. The Kier molecular flexibility index (Phi) is 10.7. The fraction of sp³-hybridized carbons (Fsp3) is 0.611. The van der Waals surface area contributed by atoms with Crippen LogP contribution in [0.1, 0.15) is 12.0 Å². The van der Waals surface area contributed by atoms with Crippen molar-refractivity contribution in [1.29, 1.82) is 0 Å². The zero-order valence-corrected chi connectivity index (χ0v) is 17.6. The fourth-order valence-corrected chi connectivity index (χ4v) is 4.17. The predicted molar refractivity (Wildman–Crippen MR) is 114 cm³/mol. The molecule has 0 radical (unpaired) electrons. The monoisotopic (exact) mass is 421 g/mol. The molecule has 2 heterocycles.